The summed E-state index contributed by atoms with van der Waals surface area (Å²) in [6, 6.07) is 14.6. The predicted molar refractivity (Wildman–Crippen MR) is 114 cm³/mol. The first-order valence-electron chi connectivity index (χ1n) is 10.1. The molecule has 6 nitrogen and oxygen atoms in total. The van der Waals surface area contributed by atoms with Gasteiger partial charge in [0.25, 0.3) is 0 Å². The molecule has 0 aliphatic carbocycles. The normalized spacial score (nSPS) is 17.0. The van der Waals surface area contributed by atoms with Crippen molar-refractivity contribution in [2.75, 3.05) is 31.6 Å². The van der Waals surface area contributed by atoms with Gasteiger partial charge in [0.1, 0.15) is 12.4 Å². The van der Waals surface area contributed by atoms with Gasteiger partial charge in [-0.2, -0.15) is 4.73 Å². The van der Waals surface area contributed by atoms with Crippen LogP contribution in [-0.2, 0) is 6.54 Å². The lowest BCUT2D eigenvalue weighted by atomic mass is 10.1. The summed E-state index contributed by atoms with van der Waals surface area (Å²) in [5.41, 5.74) is 3.37. The second-order valence-corrected chi connectivity index (χ2v) is 7.65. The SMILES string of the molecule is Cc1ccc(CN2CC[C@@H](Nc3cccc4c[n+]([O-])ccc34)C2)cc1OCCO. The molecule has 0 radical (unpaired) electrons. The van der Waals surface area contributed by atoms with Crippen LogP contribution in [0, 0.1) is 12.1 Å². The number of aliphatic hydroxyl groups is 1. The Kier molecular flexibility index (Phi) is 5.83. The molecule has 4 rings (SSSR count). The second kappa shape index (κ2) is 8.68. The zero-order chi connectivity index (χ0) is 20.2. The molecule has 152 valence electrons. The second-order valence-electron chi connectivity index (χ2n) is 7.65. The van der Waals surface area contributed by atoms with Crippen molar-refractivity contribution < 1.29 is 14.6 Å². The molecule has 29 heavy (non-hydrogen) atoms. The first-order valence-corrected chi connectivity index (χ1v) is 10.1. The Morgan fingerprint density at radius 3 is 3.03 bits per heavy atom. The van der Waals surface area contributed by atoms with E-state index >= 15 is 0 Å². The summed E-state index contributed by atoms with van der Waals surface area (Å²) in [6.07, 6.45) is 4.22. The summed E-state index contributed by atoms with van der Waals surface area (Å²) in [5, 5.41) is 26.2. The number of rotatable bonds is 7. The molecule has 2 aromatic carbocycles. The number of aliphatic hydroxyl groups excluding tert-OH is 1. The fourth-order valence-corrected chi connectivity index (χ4v) is 3.96. The topological polar surface area (TPSA) is 71.7 Å². The number of hydrogen-bond donors (Lipinski definition) is 2. The van der Waals surface area contributed by atoms with Crippen molar-refractivity contribution in [2.45, 2.75) is 25.9 Å². The van der Waals surface area contributed by atoms with Crippen LogP contribution in [0.2, 0.25) is 0 Å². The number of pyridine rings is 1. The molecule has 0 unspecified atom stereocenters. The monoisotopic (exact) mass is 393 g/mol. The van der Waals surface area contributed by atoms with Gasteiger partial charge >= 0.3 is 0 Å². The highest BCUT2D eigenvalue weighted by Gasteiger charge is 2.23. The van der Waals surface area contributed by atoms with Crippen LogP contribution in [0.25, 0.3) is 10.8 Å². The van der Waals surface area contributed by atoms with Crippen molar-refractivity contribution >= 4 is 16.5 Å². The fourth-order valence-electron chi connectivity index (χ4n) is 3.96. The number of anilines is 1. The van der Waals surface area contributed by atoms with E-state index in [0.717, 1.165) is 58.6 Å². The van der Waals surface area contributed by atoms with Gasteiger partial charge in [-0.3, -0.25) is 4.90 Å². The molecule has 3 aromatic rings. The third-order valence-corrected chi connectivity index (χ3v) is 5.43. The van der Waals surface area contributed by atoms with Crippen molar-refractivity contribution in [3.05, 3.63) is 71.2 Å². The van der Waals surface area contributed by atoms with Crippen molar-refractivity contribution in [2.24, 2.45) is 0 Å². The Labute approximate surface area is 170 Å². The predicted octanol–water partition coefficient (Wildman–Crippen LogP) is 2.84. The average Bonchev–Trinajstić information content (AvgIpc) is 3.15. The molecule has 1 aliphatic heterocycles. The average molecular weight is 393 g/mol. The Bertz CT molecular complexity index is 992. The lowest BCUT2D eigenvalue weighted by Crippen LogP contribution is -2.26. The molecule has 6 heteroatoms. The van der Waals surface area contributed by atoms with Gasteiger partial charge in [-0.1, -0.05) is 18.2 Å². The molecule has 0 amide bonds. The third-order valence-electron chi connectivity index (χ3n) is 5.43. The third kappa shape index (κ3) is 4.60. The molecule has 2 N–H and O–H groups in total. The number of aromatic nitrogens is 1. The largest absolute Gasteiger partial charge is 0.619 e. The molecule has 1 atom stereocenters. The molecule has 1 saturated heterocycles. The Morgan fingerprint density at radius 1 is 1.28 bits per heavy atom. The number of nitrogens with zero attached hydrogens (tertiary/aromatic N) is 2. The van der Waals surface area contributed by atoms with Crippen molar-refractivity contribution in [3.63, 3.8) is 0 Å². The van der Waals surface area contributed by atoms with Crippen molar-refractivity contribution in [1.82, 2.24) is 4.90 Å². The minimum absolute atomic E-state index is 0.0200. The van der Waals surface area contributed by atoms with Crippen LogP contribution >= 0.6 is 0 Å². The van der Waals surface area contributed by atoms with E-state index in [1.807, 2.05) is 25.1 Å². The van der Waals surface area contributed by atoms with Crippen LogP contribution in [0.4, 0.5) is 5.69 Å². The lowest BCUT2D eigenvalue weighted by Gasteiger charge is -2.19. The first-order chi connectivity index (χ1) is 14.1. The highest BCUT2D eigenvalue weighted by atomic mass is 16.5. The molecular formula is C23H27N3O3. The maximum absolute atomic E-state index is 11.5. The van der Waals surface area contributed by atoms with E-state index in [2.05, 4.69) is 34.5 Å². The Hall–Kier alpha value is -2.83. The quantitative estimate of drug-likeness (QED) is 0.477. The number of hydrogen-bond acceptors (Lipinski definition) is 5. The van der Waals surface area contributed by atoms with E-state index in [0.29, 0.717) is 12.6 Å². The number of likely N-dealkylation sites (tertiary alicyclic amines) is 1. The molecule has 0 saturated carbocycles. The van der Waals surface area contributed by atoms with E-state index < -0.39 is 0 Å². The number of benzene rings is 2. The zero-order valence-electron chi connectivity index (χ0n) is 16.7. The Balaban J connectivity index is 1.40. The molecule has 0 spiro atoms. The number of ether oxygens (including phenoxy) is 1. The van der Waals surface area contributed by atoms with Crippen LogP contribution < -0.4 is 14.8 Å². The van der Waals surface area contributed by atoms with Gasteiger partial charge in [0.2, 0.25) is 0 Å². The minimum Gasteiger partial charge on any atom is -0.619 e. The van der Waals surface area contributed by atoms with Gasteiger partial charge in [-0.25, -0.2) is 0 Å². The van der Waals surface area contributed by atoms with Gasteiger partial charge in [-0.05, 0) is 42.7 Å². The minimum atomic E-state index is 0.0200. The van der Waals surface area contributed by atoms with Crippen molar-refractivity contribution in [1.29, 1.82) is 0 Å². The van der Waals surface area contributed by atoms with E-state index in [1.165, 1.54) is 5.56 Å². The first kappa shape index (κ1) is 19.5. The van der Waals surface area contributed by atoms with Gasteiger partial charge in [0, 0.05) is 48.2 Å². The van der Waals surface area contributed by atoms with E-state index in [-0.39, 0.29) is 6.61 Å². The van der Waals surface area contributed by atoms with Crippen molar-refractivity contribution in [3.8, 4) is 5.75 Å². The molecule has 1 aromatic heterocycles. The fraction of sp³-hybridized carbons (Fsp3) is 0.348. The Morgan fingerprint density at radius 2 is 2.17 bits per heavy atom. The van der Waals surface area contributed by atoms with E-state index in [9.17, 15) is 5.21 Å². The van der Waals surface area contributed by atoms with Crippen LogP contribution in [0.3, 0.4) is 0 Å². The van der Waals surface area contributed by atoms with E-state index in [1.54, 1.807) is 12.4 Å². The standard InChI is InChI=1S/C23H27N3O3/c1-17-5-6-18(13-23(17)29-12-11-27)14-25-9-7-20(16-25)24-22-4-2-3-19-15-26(28)10-8-21(19)22/h2-6,8,10,13,15,20,24,27H,7,9,11-12,14,16H2,1H3/t20-/m1/s1. The molecule has 1 fully saturated rings. The number of aryl methyl sites for hydroxylation is 1. The van der Waals surface area contributed by atoms with Gasteiger partial charge in [0.15, 0.2) is 12.4 Å². The maximum atomic E-state index is 11.5. The highest BCUT2D eigenvalue weighted by molar-refractivity contribution is 5.92. The summed E-state index contributed by atoms with van der Waals surface area (Å²) in [7, 11) is 0. The molecular weight excluding hydrogens is 366 g/mol. The highest BCUT2D eigenvalue weighted by Crippen LogP contribution is 2.26. The number of fused-ring (bicyclic) bond motifs is 1. The summed E-state index contributed by atoms with van der Waals surface area (Å²) >= 11 is 0. The van der Waals surface area contributed by atoms with Gasteiger partial charge in [-0.15, -0.1) is 0 Å². The van der Waals surface area contributed by atoms with Crippen LogP contribution in [-0.4, -0.2) is 42.4 Å². The van der Waals surface area contributed by atoms with Crippen LogP contribution in [0.5, 0.6) is 5.75 Å². The van der Waals surface area contributed by atoms with Gasteiger partial charge < -0.3 is 20.4 Å². The smallest absolute Gasteiger partial charge is 0.188 e. The molecule has 0 bridgehead atoms. The van der Waals surface area contributed by atoms with Crippen LogP contribution in [0.15, 0.2) is 54.9 Å². The van der Waals surface area contributed by atoms with Crippen LogP contribution in [0.1, 0.15) is 17.5 Å². The summed E-state index contributed by atoms with van der Waals surface area (Å²) in [6.45, 7) is 5.23. The zero-order valence-corrected chi connectivity index (χ0v) is 16.7. The molecule has 2 heterocycles. The number of nitrogens with one attached hydrogen (secondary N) is 1. The lowest BCUT2D eigenvalue weighted by molar-refractivity contribution is -0.603. The summed E-state index contributed by atoms with van der Waals surface area (Å²) in [5.74, 6) is 0.844. The van der Waals surface area contributed by atoms with Gasteiger partial charge in [0.05, 0.1) is 6.61 Å². The summed E-state index contributed by atoms with van der Waals surface area (Å²) in [4.78, 5) is 2.44. The maximum Gasteiger partial charge on any atom is 0.188 e. The summed E-state index contributed by atoms with van der Waals surface area (Å²) < 4.78 is 6.47. The molecule has 1 aliphatic rings. The van der Waals surface area contributed by atoms with E-state index in [4.69, 9.17) is 9.84 Å².